The Labute approximate surface area is 238 Å². The maximum absolute atomic E-state index is 13.7. The molecule has 1 aliphatic rings. The standard InChI is InChI=1S/C31H34N4O4S/c1-20-16-35(21(2)19-36)31(38)23-12-9-14-25(32-29(37)30-33-24-13-7-8-15-27(24)40-30)28(23)39-26(20)18-34(3)17-22-10-5-4-6-11-22/h4-15,20-21,26,36H,16-19H2,1-3H3,(H,32,37)/t20-,21-,26+/m0/s1. The molecule has 9 heteroatoms. The molecule has 8 nitrogen and oxygen atoms in total. The van der Waals surface area contributed by atoms with Crippen molar-refractivity contribution in [1.29, 1.82) is 0 Å². The quantitative estimate of drug-likeness (QED) is 0.320. The van der Waals surface area contributed by atoms with Gasteiger partial charge in [0.2, 0.25) is 0 Å². The van der Waals surface area contributed by atoms with Crippen LogP contribution in [-0.2, 0) is 6.54 Å². The van der Waals surface area contributed by atoms with E-state index < -0.39 is 0 Å². The molecule has 3 atom stereocenters. The van der Waals surface area contributed by atoms with Crippen LogP contribution in [0.5, 0.6) is 5.75 Å². The first kappa shape index (κ1) is 27.8. The number of benzene rings is 3. The first-order valence-corrected chi connectivity index (χ1v) is 14.3. The van der Waals surface area contributed by atoms with Crippen LogP contribution >= 0.6 is 11.3 Å². The molecule has 0 unspecified atom stereocenters. The van der Waals surface area contributed by atoms with E-state index in [1.165, 1.54) is 16.9 Å². The molecule has 3 aromatic carbocycles. The number of nitrogens with one attached hydrogen (secondary N) is 1. The highest BCUT2D eigenvalue weighted by Gasteiger charge is 2.34. The number of carbonyl (C=O) groups is 2. The maximum atomic E-state index is 13.7. The minimum absolute atomic E-state index is 0.0441. The van der Waals surface area contributed by atoms with Crippen LogP contribution < -0.4 is 10.1 Å². The van der Waals surface area contributed by atoms with Crippen LogP contribution in [-0.4, -0.2) is 70.6 Å². The Bertz CT molecular complexity index is 1460. The molecular weight excluding hydrogens is 524 g/mol. The predicted molar refractivity (Wildman–Crippen MR) is 158 cm³/mol. The number of aromatic nitrogens is 1. The molecular formula is C31H34N4O4S. The Morgan fingerprint density at radius 3 is 2.65 bits per heavy atom. The number of ether oxygens (including phenoxy) is 1. The van der Waals surface area contributed by atoms with Crippen molar-refractivity contribution in [1.82, 2.24) is 14.8 Å². The SMILES string of the molecule is C[C@H]1CN([C@@H](C)CO)C(=O)c2cccc(NC(=O)c3nc4ccccc4s3)c2O[C@@H]1CN(C)Cc1ccccc1. The third-order valence-corrected chi connectivity index (χ3v) is 8.25. The van der Waals surface area contributed by atoms with Crippen molar-refractivity contribution in [2.45, 2.75) is 32.5 Å². The van der Waals surface area contributed by atoms with Gasteiger partial charge in [0.25, 0.3) is 11.8 Å². The first-order valence-electron chi connectivity index (χ1n) is 13.4. The fourth-order valence-corrected chi connectivity index (χ4v) is 5.83. The highest BCUT2D eigenvalue weighted by Crippen LogP contribution is 2.35. The number of amides is 2. The van der Waals surface area contributed by atoms with E-state index in [0.29, 0.717) is 35.1 Å². The first-order chi connectivity index (χ1) is 19.3. The van der Waals surface area contributed by atoms with E-state index in [1.54, 1.807) is 23.1 Å². The molecule has 0 spiro atoms. The summed E-state index contributed by atoms with van der Waals surface area (Å²) in [5, 5.41) is 13.2. The number of nitrogens with zero attached hydrogens (tertiary/aromatic N) is 3. The number of likely N-dealkylation sites (N-methyl/N-ethyl adjacent to an activating group) is 1. The summed E-state index contributed by atoms with van der Waals surface area (Å²) >= 11 is 1.31. The number of aliphatic hydroxyl groups excluding tert-OH is 1. The number of aliphatic hydroxyl groups is 1. The van der Waals surface area contributed by atoms with Gasteiger partial charge < -0.3 is 20.1 Å². The number of para-hydroxylation sites is 2. The lowest BCUT2D eigenvalue weighted by atomic mass is 9.98. The van der Waals surface area contributed by atoms with Crippen molar-refractivity contribution in [2.24, 2.45) is 5.92 Å². The summed E-state index contributed by atoms with van der Waals surface area (Å²) in [5.74, 6) is -0.311. The van der Waals surface area contributed by atoms with Crippen LogP contribution in [0.4, 0.5) is 5.69 Å². The Balaban J connectivity index is 1.47. The molecule has 0 saturated heterocycles. The van der Waals surface area contributed by atoms with Crippen molar-refractivity contribution >= 4 is 39.1 Å². The molecule has 0 saturated carbocycles. The second-order valence-electron chi connectivity index (χ2n) is 10.4. The monoisotopic (exact) mass is 558 g/mol. The maximum Gasteiger partial charge on any atom is 0.284 e. The molecule has 2 N–H and O–H groups in total. The van der Waals surface area contributed by atoms with E-state index in [9.17, 15) is 14.7 Å². The summed E-state index contributed by atoms with van der Waals surface area (Å²) in [6.45, 7) is 5.52. The second kappa shape index (κ2) is 12.2. The van der Waals surface area contributed by atoms with E-state index in [0.717, 1.165) is 16.8 Å². The summed E-state index contributed by atoms with van der Waals surface area (Å²) in [6.07, 6.45) is -0.283. The van der Waals surface area contributed by atoms with Gasteiger partial charge in [-0.25, -0.2) is 4.98 Å². The average Bonchev–Trinajstić information content (AvgIpc) is 3.40. The topological polar surface area (TPSA) is 95.0 Å². The highest BCUT2D eigenvalue weighted by molar-refractivity contribution is 7.20. The van der Waals surface area contributed by atoms with Gasteiger partial charge in [-0.3, -0.25) is 14.5 Å². The number of fused-ring (bicyclic) bond motifs is 2. The van der Waals surface area contributed by atoms with Crippen LogP contribution in [0.3, 0.4) is 0 Å². The zero-order valence-electron chi connectivity index (χ0n) is 22.9. The van der Waals surface area contributed by atoms with Gasteiger partial charge in [-0.1, -0.05) is 55.5 Å². The zero-order valence-corrected chi connectivity index (χ0v) is 23.7. The van der Waals surface area contributed by atoms with Crippen LogP contribution in [0.15, 0.2) is 72.8 Å². The van der Waals surface area contributed by atoms with Gasteiger partial charge in [0.1, 0.15) is 6.10 Å². The molecule has 1 aromatic heterocycles. The fourth-order valence-electron chi connectivity index (χ4n) is 4.97. The minimum atomic E-state index is -0.371. The van der Waals surface area contributed by atoms with E-state index in [-0.39, 0.29) is 36.5 Å². The number of carbonyl (C=O) groups excluding carboxylic acids is 2. The minimum Gasteiger partial charge on any atom is -0.486 e. The van der Waals surface area contributed by atoms with Crippen molar-refractivity contribution in [3.8, 4) is 5.75 Å². The lowest BCUT2D eigenvalue weighted by Crippen LogP contribution is -2.49. The Morgan fingerprint density at radius 1 is 1.15 bits per heavy atom. The van der Waals surface area contributed by atoms with E-state index in [4.69, 9.17) is 4.74 Å². The number of anilines is 1. The van der Waals surface area contributed by atoms with Gasteiger partial charge in [-0.15, -0.1) is 11.3 Å². The molecule has 0 radical (unpaired) electrons. The molecule has 1 aliphatic heterocycles. The molecule has 208 valence electrons. The van der Waals surface area contributed by atoms with Crippen molar-refractivity contribution in [3.05, 3.63) is 88.9 Å². The summed E-state index contributed by atoms with van der Waals surface area (Å²) in [7, 11) is 2.04. The smallest absolute Gasteiger partial charge is 0.284 e. The lowest BCUT2D eigenvalue weighted by Gasteiger charge is -2.38. The van der Waals surface area contributed by atoms with Crippen LogP contribution in [0, 0.1) is 5.92 Å². The molecule has 40 heavy (non-hydrogen) atoms. The van der Waals surface area contributed by atoms with Crippen LogP contribution in [0.1, 0.15) is 39.6 Å². The Kier molecular flexibility index (Phi) is 8.44. The highest BCUT2D eigenvalue weighted by atomic mass is 32.1. The molecule has 0 bridgehead atoms. The zero-order chi connectivity index (χ0) is 28.2. The van der Waals surface area contributed by atoms with Crippen LogP contribution in [0.25, 0.3) is 10.2 Å². The van der Waals surface area contributed by atoms with Gasteiger partial charge in [0, 0.05) is 25.6 Å². The second-order valence-corrected chi connectivity index (χ2v) is 11.5. The van der Waals surface area contributed by atoms with E-state index >= 15 is 0 Å². The molecule has 2 amide bonds. The van der Waals surface area contributed by atoms with Crippen LogP contribution in [0.2, 0.25) is 0 Å². The summed E-state index contributed by atoms with van der Waals surface area (Å²) in [6, 6.07) is 22.6. The normalized spacial score (nSPS) is 18.1. The third-order valence-electron chi connectivity index (χ3n) is 7.21. The summed E-state index contributed by atoms with van der Waals surface area (Å²) in [4.78, 5) is 35.4. The van der Waals surface area contributed by atoms with E-state index in [1.807, 2.05) is 56.4 Å². The third kappa shape index (κ3) is 6.01. The summed E-state index contributed by atoms with van der Waals surface area (Å²) < 4.78 is 7.56. The van der Waals surface area contributed by atoms with Gasteiger partial charge >= 0.3 is 0 Å². The van der Waals surface area contributed by atoms with Crippen molar-refractivity contribution in [2.75, 3.05) is 32.1 Å². The van der Waals surface area contributed by atoms with E-state index in [2.05, 4.69) is 34.3 Å². The van der Waals surface area contributed by atoms with Gasteiger partial charge in [-0.05, 0) is 43.8 Å². The van der Waals surface area contributed by atoms with Gasteiger partial charge in [0.15, 0.2) is 10.8 Å². The Hall–Kier alpha value is -3.79. The average molecular weight is 559 g/mol. The summed E-state index contributed by atoms with van der Waals surface area (Å²) in [5.41, 5.74) is 2.72. The fraction of sp³-hybridized carbons (Fsp3) is 0.323. The number of hydrogen-bond acceptors (Lipinski definition) is 7. The molecule has 5 rings (SSSR count). The molecule has 0 aliphatic carbocycles. The van der Waals surface area contributed by atoms with Gasteiger partial charge in [0.05, 0.1) is 34.1 Å². The number of thiazole rings is 1. The molecule has 2 heterocycles. The van der Waals surface area contributed by atoms with Gasteiger partial charge in [-0.2, -0.15) is 0 Å². The lowest BCUT2D eigenvalue weighted by molar-refractivity contribution is 0.0343. The molecule has 4 aromatic rings. The Morgan fingerprint density at radius 2 is 1.90 bits per heavy atom. The number of hydrogen-bond donors (Lipinski definition) is 2. The largest absolute Gasteiger partial charge is 0.486 e. The van der Waals surface area contributed by atoms with Crippen molar-refractivity contribution < 1.29 is 19.4 Å². The number of rotatable bonds is 8. The predicted octanol–water partition coefficient (Wildman–Crippen LogP) is 4.90. The van der Waals surface area contributed by atoms with Crippen molar-refractivity contribution in [3.63, 3.8) is 0 Å². The molecule has 0 fully saturated rings.